The van der Waals surface area contributed by atoms with Crippen LogP contribution in [0.2, 0.25) is 0 Å². The van der Waals surface area contributed by atoms with Crippen LogP contribution in [0.3, 0.4) is 0 Å². The molecule has 1 aromatic carbocycles. The average Bonchev–Trinajstić information content (AvgIpc) is 3.18. The summed E-state index contributed by atoms with van der Waals surface area (Å²) in [7, 11) is 0. The average molecular weight is 334 g/mol. The first kappa shape index (κ1) is 14.3. The minimum atomic E-state index is -0.0354. The highest BCUT2D eigenvalue weighted by atomic mass is 16.1. The highest BCUT2D eigenvalue weighted by molar-refractivity contribution is 5.99. The lowest BCUT2D eigenvalue weighted by molar-refractivity contribution is 0.0966. The van der Waals surface area contributed by atoms with Crippen molar-refractivity contribution in [1.82, 2.24) is 20.3 Å². The summed E-state index contributed by atoms with van der Waals surface area (Å²) in [6.45, 7) is 0.592. The van der Waals surface area contributed by atoms with Crippen LogP contribution in [0, 0.1) is 0 Å². The quantitative estimate of drug-likeness (QED) is 0.588. The number of amides is 1. The minimum absolute atomic E-state index is 0.0354. The number of nitrogens with zero attached hydrogens (tertiary/aromatic N) is 2. The molecule has 5 rings (SSSR count). The van der Waals surface area contributed by atoms with Gasteiger partial charge in [0, 0.05) is 30.0 Å². The maximum absolute atomic E-state index is 11.8. The summed E-state index contributed by atoms with van der Waals surface area (Å²) in [6, 6.07) is 8.22. The zero-order valence-corrected chi connectivity index (χ0v) is 13.6. The van der Waals surface area contributed by atoms with Gasteiger partial charge >= 0.3 is 0 Å². The molecular formula is C18H18N6O. The lowest BCUT2D eigenvalue weighted by Gasteiger charge is -2.27. The highest BCUT2D eigenvalue weighted by Crippen LogP contribution is 2.28. The molecule has 0 spiro atoms. The normalized spacial score (nSPS) is 16.4. The topological polar surface area (TPSA) is 94.7 Å². The first-order valence-electron chi connectivity index (χ1n) is 8.56. The fourth-order valence-corrected chi connectivity index (χ4v) is 3.27. The van der Waals surface area contributed by atoms with Crippen LogP contribution in [0.5, 0.6) is 0 Å². The Kier molecular flexibility index (Phi) is 3.12. The van der Waals surface area contributed by atoms with Crippen LogP contribution in [0.1, 0.15) is 35.2 Å². The molecule has 7 heteroatoms. The third kappa shape index (κ3) is 2.48. The summed E-state index contributed by atoms with van der Waals surface area (Å²) in [6.07, 6.45) is 5.49. The van der Waals surface area contributed by atoms with Crippen LogP contribution in [0.15, 0.2) is 30.5 Å². The second kappa shape index (κ2) is 5.47. The molecule has 126 valence electrons. The molecule has 1 aliphatic heterocycles. The van der Waals surface area contributed by atoms with Crippen molar-refractivity contribution >= 4 is 34.4 Å². The first-order valence-corrected chi connectivity index (χ1v) is 8.56. The van der Waals surface area contributed by atoms with Crippen molar-refractivity contribution in [3.8, 4) is 0 Å². The fourth-order valence-electron chi connectivity index (χ4n) is 3.27. The number of hydrogen-bond acceptors (Lipinski definition) is 5. The number of fused-ring (bicyclic) bond motifs is 2. The van der Waals surface area contributed by atoms with Gasteiger partial charge in [-0.2, -0.15) is 9.97 Å². The van der Waals surface area contributed by atoms with E-state index >= 15 is 0 Å². The molecule has 1 aliphatic carbocycles. The first-order chi connectivity index (χ1) is 12.3. The van der Waals surface area contributed by atoms with Crippen molar-refractivity contribution in [3.05, 3.63) is 41.6 Å². The van der Waals surface area contributed by atoms with E-state index in [1.165, 1.54) is 19.3 Å². The number of nitrogens with one attached hydrogen (secondary N) is 4. The van der Waals surface area contributed by atoms with Gasteiger partial charge in [0.15, 0.2) is 0 Å². The zero-order chi connectivity index (χ0) is 16.8. The van der Waals surface area contributed by atoms with Crippen molar-refractivity contribution in [2.75, 3.05) is 10.6 Å². The molecule has 1 fully saturated rings. The van der Waals surface area contributed by atoms with Crippen molar-refractivity contribution in [3.63, 3.8) is 0 Å². The zero-order valence-electron chi connectivity index (χ0n) is 13.6. The summed E-state index contributed by atoms with van der Waals surface area (Å²) in [5.41, 5.74) is 3.32. The number of hydrogen-bond donors (Lipinski definition) is 4. The van der Waals surface area contributed by atoms with E-state index in [2.05, 4.69) is 30.9 Å². The second-order valence-electron chi connectivity index (χ2n) is 6.59. The number of aromatic amines is 1. The van der Waals surface area contributed by atoms with E-state index in [1.807, 2.05) is 30.5 Å². The van der Waals surface area contributed by atoms with Crippen LogP contribution >= 0.6 is 0 Å². The predicted octanol–water partition coefficient (Wildman–Crippen LogP) is 2.91. The molecule has 0 bridgehead atoms. The Balaban J connectivity index is 1.48. The summed E-state index contributed by atoms with van der Waals surface area (Å²) in [4.78, 5) is 24.2. The van der Waals surface area contributed by atoms with Gasteiger partial charge in [0.25, 0.3) is 5.91 Å². The lowest BCUT2D eigenvalue weighted by atomic mass is 9.93. The molecular weight excluding hydrogens is 316 g/mol. The molecule has 4 N–H and O–H groups in total. The van der Waals surface area contributed by atoms with Gasteiger partial charge in [-0.3, -0.25) is 4.79 Å². The van der Waals surface area contributed by atoms with E-state index in [1.54, 1.807) is 0 Å². The predicted molar refractivity (Wildman–Crippen MR) is 96.0 cm³/mol. The Morgan fingerprint density at radius 3 is 2.92 bits per heavy atom. The number of anilines is 3. The minimum Gasteiger partial charge on any atom is -0.367 e. The number of rotatable bonds is 4. The molecule has 1 amide bonds. The van der Waals surface area contributed by atoms with Crippen LogP contribution in [0.25, 0.3) is 11.0 Å². The maximum atomic E-state index is 11.8. The summed E-state index contributed by atoms with van der Waals surface area (Å²) in [5.74, 6) is 1.32. The molecule has 2 aliphatic rings. The standard InChI is InChI=1S/C18H18N6O/c25-17-14-8-12(5-4-10(14)9-20-17)22-18-23-15-13(6-7-19-15)16(24-18)21-11-2-1-3-11/h4-8,11H,1-3,9H2,(H,20,25)(H3,19,21,22,23,24). The van der Waals surface area contributed by atoms with E-state index in [0.29, 0.717) is 24.1 Å². The van der Waals surface area contributed by atoms with Crippen LogP contribution in [-0.4, -0.2) is 26.9 Å². The SMILES string of the molecule is O=C1NCc2ccc(Nc3nc(NC4CCC4)c4cc[nH]c4n3)cc21. The van der Waals surface area contributed by atoms with E-state index in [4.69, 9.17) is 0 Å². The van der Waals surface area contributed by atoms with Crippen LogP contribution < -0.4 is 16.0 Å². The molecule has 2 aromatic heterocycles. The maximum Gasteiger partial charge on any atom is 0.251 e. The molecule has 3 aromatic rings. The number of carbonyl (C=O) groups is 1. The lowest BCUT2D eigenvalue weighted by Crippen LogP contribution is -2.27. The van der Waals surface area contributed by atoms with E-state index in [-0.39, 0.29) is 5.91 Å². The van der Waals surface area contributed by atoms with Gasteiger partial charge in [-0.25, -0.2) is 0 Å². The van der Waals surface area contributed by atoms with Crippen LogP contribution in [0.4, 0.5) is 17.5 Å². The fraction of sp³-hybridized carbons (Fsp3) is 0.278. The van der Waals surface area contributed by atoms with Gasteiger partial charge in [0.05, 0.1) is 5.39 Å². The molecule has 7 nitrogen and oxygen atoms in total. The van der Waals surface area contributed by atoms with E-state index < -0.39 is 0 Å². The largest absolute Gasteiger partial charge is 0.367 e. The van der Waals surface area contributed by atoms with E-state index in [9.17, 15) is 4.79 Å². The van der Waals surface area contributed by atoms with E-state index in [0.717, 1.165) is 28.1 Å². The molecule has 0 saturated heterocycles. The smallest absolute Gasteiger partial charge is 0.251 e. The van der Waals surface area contributed by atoms with Crippen molar-refractivity contribution in [1.29, 1.82) is 0 Å². The Labute approximate surface area is 144 Å². The second-order valence-corrected chi connectivity index (χ2v) is 6.59. The molecule has 1 saturated carbocycles. The van der Waals surface area contributed by atoms with Crippen molar-refractivity contribution < 1.29 is 4.79 Å². The molecule has 25 heavy (non-hydrogen) atoms. The number of aromatic nitrogens is 3. The number of H-pyrrole nitrogens is 1. The van der Waals surface area contributed by atoms with Gasteiger partial charge in [-0.15, -0.1) is 0 Å². The van der Waals surface area contributed by atoms with Crippen molar-refractivity contribution in [2.24, 2.45) is 0 Å². The highest BCUT2D eigenvalue weighted by Gasteiger charge is 2.21. The Hall–Kier alpha value is -3.09. The van der Waals surface area contributed by atoms with Crippen molar-refractivity contribution in [2.45, 2.75) is 31.8 Å². The molecule has 0 radical (unpaired) electrons. The van der Waals surface area contributed by atoms with Gasteiger partial charge in [-0.1, -0.05) is 6.07 Å². The number of benzene rings is 1. The van der Waals surface area contributed by atoms with Gasteiger partial charge in [-0.05, 0) is 43.0 Å². The monoisotopic (exact) mass is 334 g/mol. The molecule has 0 atom stereocenters. The van der Waals surface area contributed by atoms with Crippen LogP contribution in [-0.2, 0) is 6.54 Å². The summed E-state index contributed by atoms with van der Waals surface area (Å²) < 4.78 is 0. The summed E-state index contributed by atoms with van der Waals surface area (Å²) in [5, 5.41) is 10.5. The van der Waals surface area contributed by atoms with Gasteiger partial charge < -0.3 is 20.9 Å². The van der Waals surface area contributed by atoms with Gasteiger partial charge in [0.2, 0.25) is 5.95 Å². The third-order valence-corrected chi connectivity index (χ3v) is 4.91. The Morgan fingerprint density at radius 2 is 2.08 bits per heavy atom. The Morgan fingerprint density at radius 1 is 1.16 bits per heavy atom. The summed E-state index contributed by atoms with van der Waals surface area (Å²) >= 11 is 0. The van der Waals surface area contributed by atoms with Gasteiger partial charge in [0.1, 0.15) is 11.5 Å². The number of carbonyl (C=O) groups excluding carboxylic acids is 1. The third-order valence-electron chi connectivity index (χ3n) is 4.91. The molecule has 0 unspecified atom stereocenters. The Bertz CT molecular complexity index is 975. The molecule has 3 heterocycles.